The topological polar surface area (TPSA) is 17.1 Å². The lowest BCUT2D eigenvalue weighted by Crippen LogP contribution is -2.17. The maximum Gasteiger partial charge on any atom is 0.137 e. The van der Waals surface area contributed by atoms with Crippen LogP contribution >= 0.6 is 15.9 Å². The van der Waals surface area contributed by atoms with Crippen molar-refractivity contribution in [1.29, 1.82) is 0 Å². The molecule has 3 heteroatoms. The van der Waals surface area contributed by atoms with Gasteiger partial charge in [0, 0.05) is 12.8 Å². The van der Waals surface area contributed by atoms with Gasteiger partial charge in [0.25, 0.3) is 0 Å². The SMILES string of the molecule is O=C(Cc1cccc(F)c1Br)CC1CCC1. The quantitative estimate of drug-likeness (QED) is 0.820. The third-order valence-corrected chi connectivity index (χ3v) is 4.05. The van der Waals surface area contributed by atoms with Gasteiger partial charge in [-0.2, -0.15) is 0 Å². The average molecular weight is 285 g/mol. The number of carbonyl (C=O) groups excluding carboxylic acids is 1. The molecule has 16 heavy (non-hydrogen) atoms. The fraction of sp³-hybridized carbons (Fsp3) is 0.462. The van der Waals surface area contributed by atoms with Crippen molar-refractivity contribution < 1.29 is 9.18 Å². The Morgan fingerprint density at radius 3 is 2.81 bits per heavy atom. The summed E-state index contributed by atoms with van der Waals surface area (Å²) in [5.41, 5.74) is 0.754. The van der Waals surface area contributed by atoms with Crippen molar-refractivity contribution in [2.24, 2.45) is 5.92 Å². The highest BCUT2D eigenvalue weighted by Crippen LogP contribution is 2.30. The van der Waals surface area contributed by atoms with E-state index in [1.54, 1.807) is 12.1 Å². The number of halogens is 2. The minimum Gasteiger partial charge on any atom is -0.299 e. The molecule has 0 bridgehead atoms. The standard InChI is InChI=1S/C13H14BrFO/c14-13-10(5-2-6-12(13)15)8-11(16)7-9-3-1-4-9/h2,5-6,9H,1,3-4,7-8H2. The van der Waals surface area contributed by atoms with Crippen molar-refractivity contribution in [2.45, 2.75) is 32.1 Å². The van der Waals surface area contributed by atoms with Gasteiger partial charge in [0.15, 0.2) is 0 Å². The summed E-state index contributed by atoms with van der Waals surface area (Å²) in [7, 11) is 0. The molecule has 0 unspecified atom stereocenters. The highest BCUT2D eigenvalue weighted by atomic mass is 79.9. The monoisotopic (exact) mass is 284 g/mol. The van der Waals surface area contributed by atoms with E-state index >= 15 is 0 Å². The third-order valence-electron chi connectivity index (χ3n) is 3.16. The van der Waals surface area contributed by atoms with Crippen LogP contribution in [0.25, 0.3) is 0 Å². The lowest BCUT2D eigenvalue weighted by Gasteiger charge is -2.24. The molecule has 1 fully saturated rings. The summed E-state index contributed by atoms with van der Waals surface area (Å²) in [6, 6.07) is 4.84. The molecule has 0 spiro atoms. The maximum absolute atomic E-state index is 13.2. The smallest absolute Gasteiger partial charge is 0.137 e. The first-order valence-electron chi connectivity index (χ1n) is 5.61. The van der Waals surface area contributed by atoms with Crippen molar-refractivity contribution in [3.8, 4) is 0 Å². The summed E-state index contributed by atoms with van der Waals surface area (Å²) in [4.78, 5) is 11.7. The lowest BCUT2D eigenvalue weighted by atomic mass is 9.81. The molecule has 86 valence electrons. The first kappa shape index (κ1) is 11.8. The second kappa shape index (κ2) is 5.09. The molecule has 0 heterocycles. The third kappa shape index (κ3) is 2.70. The van der Waals surface area contributed by atoms with E-state index in [-0.39, 0.29) is 11.6 Å². The second-order valence-electron chi connectivity index (χ2n) is 4.43. The largest absolute Gasteiger partial charge is 0.299 e. The summed E-state index contributed by atoms with van der Waals surface area (Å²) >= 11 is 3.18. The lowest BCUT2D eigenvalue weighted by molar-refractivity contribution is -0.119. The molecule has 1 aliphatic carbocycles. The van der Waals surface area contributed by atoms with Crippen LogP contribution in [0.2, 0.25) is 0 Å². The average Bonchev–Trinajstić information content (AvgIpc) is 2.19. The van der Waals surface area contributed by atoms with Gasteiger partial charge in [0.05, 0.1) is 4.47 Å². The fourth-order valence-electron chi connectivity index (χ4n) is 1.99. The number of ketones is 1. The van der Waals surface area contributed by atoms with Gasteiger partial charge in [-0.25, -0.2) is 4.39 Å². The Balaban J connectivity index is 1.97. The molecule has 0 aromatic heterocycles. The Kier molecular flexibility index (Phi) is 3.74. The van der Waals surface area contributed by atoms with E-state index in [0.717, 1.165) is 5.56 Å². The van der Waals surface area contributed by atoms with Gasteiger partial charge in [0.2, 0.25) is 0 Å². The predicted octanol–water partition coefficient (Wildman–Crippen LogP) is 3.89. The number of Topliss-reactive ketones (excluding diaryl/α,β-unsaturated/α-hetero) is 1. The van der Waals surface area contributed by atoms with Crippen LogP contribution in [-0.4, -0.2) is 5.78 Å². The van der Waals surface area contributed by atoms with Crippen LogP contribution in [0, 0.1) is 11.7 Å². The zero-order chi connectivity index (χ0) is 11.5. The van der Waals surface area contributed by atoms with E-state index in [1.807, 2.05) is 0 Å². The summed E-state index contributed by atoms with van der Waals surface area (Å²) in [5, 5.41) is 0. The Morgan fingerprint density at radius 1 is 1.44 bits per heavy atom. The molecule has 1 nitrogen and oxygen atoms in total. The van der Waals surface area contributed by atoms with Gasteiger partial charge in [-0.3, -0.25) is 4.79 Å². The molecule has 0 saturated heterocycles. The van der Waals surface area contributed by atoms with Gasteiger partial charge < -0.3 is 0 Å². The number of benzene rings is 1. The van der Waals surface area contributed by atoms with Crippen molar-refractivity contribution in [1.82, 2.24) is 0 Å². The van der Waals surface area contributed by atoms with E-state index in [0.29, 0.717) is 23.2 Å². The maximum atomic E-state index is 13.2. The van der Waals surface area contributed by atoms with Crippen LogP contribution in [0.15, 0.2) is 22.7 Å². The van der Waals surface area contributed by atoms with Crippen molar-refractivity contribution in [3.63, 3.8) is 0 Å². The molecule has 0 aliphatic heterocycles. The molecular weight excluding hydrogens is 271 g/mol. The second-order valence-corrected chi connectivity index (χ2v) is 5.22. The highest BCUT2D eigenvalue weighted by molar-refractivity contribution is 9.10. The van der Waals surface area contributed by atoms with Gasteiger partial charge >= 0.3 is 0 Å². The number of hydrogen-bond donors (Lipinski definition) is 0. The van der Waals surface area contributed by atoms with Gasteiger partial charge in [-0.1, -0.05) is 31.4 Å². The molecular formula is C13H14BrFO. The molecule has 0 atom stereocenters. The summed E-state index contributed by atoms with van der Waals surface area (Å²) in [5.74, 6) is 0.504. The van der Waals surface area contributed by atoms with Crippen LogP contribution in [0.1, 0.15) is 31.2 Å². The summed E-state index contributed by atoms with van der Waals surface area (Å²) < 4.78 is 13.6. The van der Waals surface area contributed by atoms with E-state index < -0.39 is 0 Å². The van der Waals surface area contributed by atoms with E-state index in [2.05, 4.69) is 15.9 Å². The highest BCUT2D eigenvalue weighted by Gasteiger charge is 2.21. The summed E-state index contributed by atoms with van der Waals surface area (Å²) in [6.45, 7) is 0. The minimum absolute atomic E-state index is 0.219. The minimum atomic E-state index is -0.297. The molecule has 2 rings (SSSR count). The number of hydrogen-bond acceptors (Lipinski definition) is 1. The molecule has 0 amide bonds. The molecule has 0 radical (unpaired) electrons. The first-order valence-corrected chi connectivity index (χ1v) is 6.40. The van der Waals surface area contributed by atoms with Crippen molar-refractivity contribution in [3.05, 3.63) is 34.1 Å². The van der Waals surface area contributed by atoms with Crippen LogP contribution < -0.4 is 0 Å². The van der Waals surface area contributed by atoms with Crippen LogP contribution in [0.3, 0.4) is 0 Å². The molecule has 1 aliphatic rings. The number of rotatable bonds is 4. The van der Waals surface area contributed by atoms with Crippen LogP contribution in [0.5, 0.6) is 0 Å². The van der Waals surface area contributed by atoms with Crippen molar-refractivity contribution >= 4 is 21.7 Å². The van der Waals surface area contributed by atoms with Crippen LogP contribution in [0.4, 0.5) is 4.39 Å². The predicted molar refractivity (Wildman–Crippen MR) is 64.8 cm³/mol. The summed E-state index contributed by atoms with van der Waals surface area (Å²) in [6.07, 6.45) is 4.60. The molecule has 1 aromatic carbocycles. The van der Waals surface area contributed by atoms with Crippen molar-refractivity contribution in [2.75, 3.05) is 0 Å². The fourth-order valence-corrected chi connectivity index (χ4v) is 2.39. The Morgan fingerprint density at radius 2 is 2.19 bits per heavy atom. The van der Waals surface area contributed by atoms with Gasteiger partial charge in [-0.15, -0.1) is 0 Å². The Labute approximate surface area is 103 Å². The van der Waals surface area contributed by atoms with Gasteiger partial charge in [-0.05, 0) is 33.5 Å². The Bertz CT molecular complexity index is 399. The zero-order valence-corrected chi connectivity index (χ0v) is 10.6. The van der Waals surface area contributed by atoms with Gasteiger partial charge in [0.1, 0.15) is 11.6 Å². The molecule has 1 aromatic rings. The normalized spacial score (nSPS) is 15.9. The first-order chi connectivity index (χ1) is 7.66. The molecule has 1 saturated carbocycles. The zero-order valence-electron chi connectivity index (χ0n) is 9.01. The Hall–Kier alpha value is -0.700. The van der Waals surface area contributed by atoms with E-state index in [9.17, 15) is 9.18 Å². The van der Waals surface area contributed by atoms with E-state index in [1.165, 1.54) is 25.3 Å². The number of carbonyl (C=O) groups is 1. The molecule has 0 N–H and O–H groups in total. The van der Waals surface area contributed by atoms with Crippen LogP contribution in [-0.2, 0) is 11.2 Å². The van der Waals surface area contributed by atoms with E-state index in [4.69, 9.17) is 0 Å².